The number of hydrogen-bond acceptors (Lipinski definition) is 26. The summed E-state index contributed by atoms with van der Waals surface area (Å²) in [6.45, 7) is 10.5. The van der Waals surface area contributed by atoms with Gasteiger partial charge in [0.05, 0.1) is 84.4 Å². The van der Waals surface area contributed by atoms with Crippen LogP contribution >= 0.6 is 60.2 Å². The van der Waals surface area contributed by atoms with Gasteiger partial charge in [-0.1, -0.05) is 235 Å². The molecule has 10 aromatic carbocycles. The first kappa shape index (κ1) is 97.4. The third-order valence-corrected chi connectivity index (χ3v) is 25.0. The zero-order valence-electron chi connectivity index (χ0n) is 64.7. The van der Waals surface area contributed by atoms with Crippen molar-refractivity contribution in [1.82, 2.24) is 0 Å². The normalized spacial score (nSPS) is 20.9. The zero-order valence-corrected chi connectivity index (χ0v) is 68.8. The smallest absolute Gasteiger partial charge is 0.150 e. The monoisotopic (exact) mass is 1730 g/mol. The highest BCUT2D eigenvalue weighted by Crippen LogP contribution is 2.55. The van der Waals surface area contributed by atoms with Gasteiger partial charge in [-0.25, -0.2) is 0 Å². The van der Waals surface area contributed by atoms with E-state index in [4.69, 9.17) is 46.7 Å². The van der Waals surface area contributed by atoms with Gasteiger partial charge in [0.15, 0.2) is 0 Å². The molecule has 0 spiro atoms. The molecule has 26 heteroatoms. The summed E-state index contributed by atoms with van der Waals surface area (Å²) in [6.07, 6.45) is 23.7. The maximum Gasteiger partial charge on any atom is 0.150 e. The van der Waals surface area contributed by atoms with Crippen LogP contribution < -0.4 is 56.5 Å². The molecule has 642 valence electrons. The Morgan fingerprint density at radius 3 is 0.736 bits per heavy atom. The summed E-state index contributed by atoms with van der Waals surface area (Å²) in [4.78, 5) is 35.6. The van der Waals surface area contributed by atoms with Gasteiger partial charge in [0.1, 0.15) is 6.29 Å². The molecule has 21 nitrogen and oxygen atoms in total. The van der Waals surface area contributed by atoms with E-state index in [-0.39, 0.29) is 37.1 Å². The molecular weight excluding hydrogens is 1620 g/mol. The molecule has 121 heavy (non-hydrogen) atoms. The second-order valence-corrected chi connectivity index (χ2v) is 33.2. The quantitative estimate of drug-likeness (QED) is 0.00846. The minimum atomic E-state index is 0. The van der Waals surface area contributed by atoms with E-state index in [0.29, 0.717) is 77.2 Å². The third-order valence-electron chi connectivity index (χ3n) is 22.0. The van der Waals surface area contributed by atoms with Crippen LogP contribution in [0.2, 0.25) is 0 Å². The van der Waals surface area contributed by atoms with E-state index in [1.807, 2.05) is 55.5 Å². The molecule has 0 saturated carbocycles. The SMILES string of the molecule is C.C.C.C.C.Cc1ccc(C=O)cc1.Cc1ccc([C@@H]2Nc3ccc(SOON)cc3[C@@H]3C=CC[C@@H]32)cc1.Cc1ccc([C@@H]2Nc3ccc(SOON)cc3[C@H]3C=CC[C@H]32)cc1.Cc1ccc([C@H]2Nc3ccc(SOON)cc3[C@@H]3C=CC[C@H]23)cc1.Cc1ccc([C@H]2Nc3ccc(SOON)cc3[C@H]3C=CC[C@H]32)cc1.NOOSc1ccc(N)cc1. The summed E-state index contributed by atoms with van der Waals surface area (Å²) in [5, 5.41) is 15.0. The lowest BCUT2D eigenvalue weighted by atomic mass is 9.77. The maximum absolute atomic E-state index is 10.1. The van der Waals surface area contributed by atoms with Crippen LogP contribution in [0.4, 0.5) is 28.4 Å². The van der Waals surface area contributed by atoms with Crippen molar-refractivity contribution < 1.29 is 51.4 Å². The first-order valence-corrected chi connectivity index (χ1v) is 41.8. The molecule has 0 aromatic heterocycles. The average molecular weight is 1730 g/mol. The highest BCUT2D eigenvalue weighted by Gasteiger charge is 2.42. The van der Waals surface area contributed by atoms with Crippen LogP contribution in [0.1, 0.15) is 193 Å². The van der Waals surface area contributed by atoms with E-state index in [2.05, 4.69) is 278 Å². The Balaban J connectivity index is 0.000000184. The number of allylic oxidation sites excluding steroid dienone is 8. The molecule has 12 atom stereocenters. The highest BCUT2D eigenvalue weighted by atomic mass is 32.2. The van der Waals surface area contributed by atoms with Gasteiger partial charge in [-0.15, -0.1) is 46.6 Å². The number of nitrogens with one attached hydrogen (secondary N) is 4. The van der Waals surface area contributed by atoms with E-state index < -0.39 is 0 Å². The lowest BCUT2D eigenvalue weighted by Gasteiger charge is -2.37. The van der Waals surface area contributed by atoms with Crippen LogP contribution in [0.3, 0.4) is 0 Å². The fourth-order valence-corrected chi connectivity index (χ4v) is 18.4. The molecule has 0 radical (unpaired) electrons. The van der Waals surface area contributed by atoms with Crippen LogP contribution in [-0.4, -0.2) is 6.29 Å². The topological polar surface area (TPSA) is 314 Å². The molecule has 0 unspecified atom stereocenters. The fourth-order valence-electron chi connectivity index (χ4n) is 16.4. The van der Waals surface area contributed by atoms with Crippen molar-refractivity contribution in [3.05, 3.63) is 345 Å². The molecule has 0 saturated heterocycles. The first-order valence-electron chi connectivity index (χ1n) is 38.1. The minimum absolute atomic E-state index is 0. The number of carbonyl (C=O) groups is 1. The van der Waals surface area contributed by atoms with Gasteiger partial charge in [0, 0.05) is 82.1 Å². The van der Waals surface area contributed by atoms with Crippen LogP contribution in [0.5, 0.6) is 0 Å². The molecule has 0 amide bonds. The van der Waals surface area contributed by atoms with Crippen molar-refractivity contribution in [1.29, 1.82) is 0 Å². The summed E-state index contributed by atoms with van der Waals surface area (Å²) < 4.78 is 23.5. The van der Waals surface area contributed by atoms with Gasteiger partial charge >= 0.3 is 0 Å². The maximum atomic E-state index is 10.1. The van der Waals surface area contributed by atoms with Crippen molar-refractivity contribution in [2.75, 3.05) is 27.0 Å². The number of aryl methyl sites for hydroxylation is 5. The van der Waals surface area contributed by atoms with Gasteiger partial charge in [0.25, 0.3) is 0 Å². The zero-order chi connectivity index (χ0) is 80.9. The third kappa shape index (κ3) is 25.1. The number of nitrogens with two attached hydrogens (primary N) is 6. The number of hydrogen-bond donors (Lipinski definition) is 10. The summed E-state index contributed by atoms with van der Waals surface area (Å²) in [6, 6.07) is 76.5. The molecule has 18 rings (SSSR count). The van der Waals surface area contributed by atoms with Gasteiger partial charge in [-0.3, -0.25) is 4.79 Å². The lowest BCUT2D eigenvalue weighted by Crippen LogP contribution is -2.29. The van der Waals surface area contributed by atoms with E-state index in [1.165, 1.54) is 95.1 Å². The van der Waals surface area contributed by atoms with Gasteiger partial charge in [-0.05, 0) is 226 Å². The number of carbonyl (C=O) groups excluding carboxylic acids is 1. The van der Waals surface area contributed by atoms with Gasteiger partial charge in [-0.2, -0.15) is 29.5 Å². The van der Waals surface area contributed by atoms with E-state index in [9.17, 15) is 4.79 Å². The largest absolute Gasteiger partial charge is 0.399 e. The van der Waals surface area contributed by atoms with Crippen LogP contribution in [0.15, 0.2) is 291 Å². The molecule has 10 aromatic rings. The standard InChI is InChI=1S/4C19H20N2O2S.C8H8O.C6H8N2O2S.5CH4/c4*1-12-5-7-13(8-6-12)19-16-4-2-3-15(16)17-11-14(24-23-22-20)9-10-18(17)21-19;1-7-2-4-8(6-9)5-3-7;7-5-1-3-6(4-2-5)11-10-9-8;;;;;/h4*2-3,5-11,15-16,19,21H,4,20H2,1H3;2-6H,1H3;1-4H,7-8H2;5*1H4/t2*15-,16+,19+;2*15-,16+,19-;;;;;;;/m1010......./s1. The van der Waals surface area contributed by atoms with Crippen molar-refractivity contribution in [3.63, 3.8) is 0 Å². The Kier molecular flexibility index (Phi) is 38.8. The Bertz CT molecular complexity index is 4480. The molecule has 16 N–H and O–H groups in total. The minimum Gasteiger partial charge on any atom is -0.399 e. The van der Waals surface area contributed by atoms with E-state index in [0.717, 1.165) is 122 Å². The van der Waals surface area contributed by atoms with Crippen LogP contribution in [-0.2, 0) is 46.6 Å². The number of rotatable bonds is 20. The second-order valence-electron chi connectivity index (χ2n) is 29.4. The summed E-state index contributed by atoms with van der Waals surface area (Å²) >= 11 is 5.53. The van der Waals surface area contributed by atoms with Gasteiger partial charge < -0.3 is 27.0 Å². The second kappa shape index (κ2) is 48.1. The summed E-state index contributed by atoms with van der Waals surface area (Å²) in [5.74, 6) is 28.2. The molecular formula is C95H116N10O11S5. The fraction of sp³-hybridized carbons (Fsp3) is 0.274. The van der Waals surface area contributed by atoms with E-state index in [1.54, 1.807) is 24.3 Å². The summed E-state index contributed by atoms with van der Waals surface area (Å²) in [7, 11) is 0. The van der Waals surface area contributed by atoms with Crippen molar-refractivity contribution in [2.45, 2.75) is 170 Å². The number of benzene rings is 10. The Morgan fingerprint density at radius 1 is 0.298 bits per heavy atom. The lowest BCUT2D eigenvalue weighted by molar-refractivity contribution is -0.195. The Hall–Kier alpha value is -9.02. The molecule has 4 aliphatic heterocycles. The number of aldehydes is 1. The Labute approximate surface area is 736 Å². The first-order chi connectivity index (χ1) is 56.7. The molecule has 8 aliphatic rings. The van der Waals surface area contributed by atoms with Crippen LogP contribution in [0, 0.1) is 58.3 Å². The predicted octanol–water partition coefficient (Wildman–Crippen LogP) is 24.7. The van der Waals surface area contributed by atoms with E-state index >= 15 is 0 Å². The Morgan fingerprint density at radius 2 is 0.512 bits per heavy atom. The van der Waals surface area contributed by atoms with Gasteiger partial charge in [0.2, 0.25) is 0 Å². The van der Waals surface area contributed by atoms with Crippen molar-refractivity contribution in [2.24, 2.45) is 53.2 Å². The molecule has 0 fully saturated rings. The van der Waals surface area contributed by atoms with Crippen LogP contribution in [0.25, 0.3) is 0 Å². The highest BCUT2D eigenvalue weighted by molar-refractivity contribution is 7.95. The number of nitrogen functional groups attached to an aromatic ring is 1. The van der Waals surface area contributed by atoms with Crippen molar-refractivity contribution >= 4 is 94.9 Å². The molecule has 0 bridgehead atoms. The average Bonchev–Trinajstić information content (AvgIpc) is 1.74. The predicted molar refractivity (Wildman–Crippen MR) is 498 cm³/mol. The summed E-state index contributed by atoms with van der Waals surface area (Å²) in [5.41, 5.74) is 28.6. The van der Waals surface area contributed by atoms with Crippen molar-refractivity contribution in [3.8, 4) is 0 Å². The number of fused-ring (bicyclic) bond motifs is 12. The molecule has 4 heterocycles. The number of anilines is 5. The molecule has 4 aliphatic carbocycles.